The number of para-hydroxylation sites is 1. The normalized spacial score (nSPS) is 19.1. The quantitative estimate of drug-likeness (QED) is 0.733. The van der Waals surface area contributed by atoms with Crippen LogP contribution in [0, 0.1) is 5.41 Å². The number of rotatable bonds is 1. The molecule has 2 heterocycles. The molecule has 0 spiro atoms. The van der Waals surface area contributed by atoms with Crippen LogP contribution in [0.15, 0.2) is 24.3 Å². The third-order valence-corrected chi connectivity index (χ3v) is 4.36. The van der Waals surface area contributed by atoms with Crippen molar-refractivity contribution in [1.29, 1.82) is 0 Å². The smallest absolute Gasteiger partial charge is 0.224 e. The molecule has 0 amide bonds. The van der Waals surface area contributed by atoms with Crippen LogP contribution in [0.2, 0.25) is 5.28 Å². The van der Waals surface area contributed by atoms with Crippen LogP contribution in [0.3, 0.4) is 0 Å². The molecule has 0 N–H and O–H groups in total. The number of fused-ring (bicyclic) bond motifs is 1. The van der Waals surface area contributed by atoms with E-state index in [1.54, 1.807) is 0 Å². The molecule has 0 aliphatic carbocycles. The van der Waals surface area contributed by atoms with Crippen LogP contribution in [-0.2, 0) is 0 Å². The van der Waals surface area contributed by atoms with Gasteiger partial charge in [-0.2, -0.15) is 4.98 Å². The van der Waals surface area contributed by atoms with Gasteiger partial charge in [0, 0.05) is 18.5 Å². The molecular formula is C16H20ClN3. The summed E-state index contributed by atoms with van der Waals surface area (Å²) >= 11 is 6.09. The largest absolute Gasteiger partial charge is 0.356 e. The predicted octanol–water partition coefficient (Wildman–Crippen LogP) is 4.30. The maximum atomic E-state index is 6.09. The Morgan fingerprint density at radius 1 is 1.10 bits per heavy atom. The van der Waals surface area contributed by atoms with Gasteiger partial charge >= 0.3 is 0 Å². The van der Waals surface area contributed by atoms with Gasteiger partial charge in [0.1, 0.15) is 5.82 Å². The van der Waals surface area contributed by atoms with E-state index in [1.807, 2.05) is 18.2 Å². The van der Waals surface area contributed by atoms with Crippen LogP contribution in [0.4, 0.5) is 5.82 Å². The number of hydrogen-bond acceptors (Lipinski definition) is 3. The lowest BCUT2D eigenvalue weighted by Crippen LogP contribution is -2.26. The molecule has 0 saturated carbocycles. The highest BCUT2D eigenvalue weighted by molar-refractivity contribution is 6.28. The maximum absolute atomic E-state index is 6.09. The molecule has 3 rings (SSSR count). The summed E-state index contributed by atoms with van der Waals surface area (Å²) in [5, 5.41) is 1.43. The first-order chi connectivity index (χ1) is 9.55. The van der Waals surface area contributed by atoms with Crippen molar-refractivity contribution in [2.24, 2.45) is 5.41 Å². The number of nitrogens with zero attached hydrogens (tertiary/aromatic N) is 3. The zero-order valence-corrected chi connectivity index (χ0v) is 12.8. The number of benzene rings is 1. The maximum Gasteiger partial charge on any atom is 0.224 e. The summed E-state index contributed by atoms with van der Waals surface area (Å²) < 4.78 is 0. The molecule has 20 heavy (non-hydrogen) atoms. The van der Waals surface area contributed by atoms with Crippen molar-refractivity contribution in [2.75, 3.05) is 18.0 Å². The zero-order chi connectivity index (χ0) is 14.2. The van der Waals surface area contributed by atoms with Crippen molar-refractivity contribution < 1.29 is 0 Å². The van der Waals surface area contributed by atoms with Gasteiger partial charge in [-0.05, 0) is 48.4 Å². The third-order valence-electron chi connectivity index (χ3n) is 4.20. The lowest BCUT2D eigenvalue weighted by Gasteiger charge is -2.25. The summed E-state index contributed by atoms with van der Waals surface area (Å²) in [5.74, 6) is 0.985. The Balaban J connectivity index is 2.01. The van der Waals surface area contributed by atoms with Crippen molar-refractivity contribution >= 4 is 28.3 Å². The van der Waals surface area contributed by atoms with Gasteiger partial charge in [-0.1, -0.05) is 26.0 Å². The Morgan fingerprint density at radius 2 is 1.90 bits per heavy atom. The monoisotopic (exact) mass is 289 g/mol. The minimum atomic E-state index is 0.335. The highest BCUT2D eigenvalue weighted by Crippen LogP contribution is 2.33. The van der Waals surface area contributed by atoms with E-state index in [9.17, 15) is 0 Å². The number of aromatic nitrogens is 2. The molecule has 1 aliphatic heterocycles. The molecule has 3 nitrogen and oxygen atoms in total. The molecule has 106 valence electrons. The fourth-order valence-corrected chi connectivity index (χ4v) is 3.08. The zero-order valence-electron chi connectivity index (χ0n) is 12.1. The Kier molecular flexibility index (Phi) is 3.55. The summed E-state index contributed by atoms with van der Waals surface area (Å²) in [6.45, 7) is 6.77. The number of hydrogen-bond donors (Lipinski definition) is 0. The van der Waals surface area contributed by atoms with Crippen molar-refractivity contribution in [3.05, 3.63) is 29.5 Å². The average Bonchev–Trinajstić information content (AvgIpc) is 2.59. The summed E-state index contributed by atoms with van der Waals surface area (Å²) in [7, 11) is 0. The molecular weight excluding hydrogens is 270 g/mol. The van der Waals surface area contributed by atoms with Gasteiger partial charge in [-0.15, -0.1) is 0 Å². The van der Waals surface area contributed by atoms with E-state index in [2.05, 4.69) is 34.8 Å². The Labute approximate surface area is 125 Å². The van der Waals surface area contributed by atoms with Gasteiger partial charge in [0.05, 0.1) is 5.52 Å². The van der Waals surface area contributed by atoms with Crippen LogP contribution in [0.5, 0.6) is 0 Å². The van der Waals surface area contributed by atoms with Crippen molar-refractivity contribution in [3.63, 3.8) is 0 Å². The number of halogens is 1. The molecule has 0 atom stereocenters. The summed E-state index contributed by atoms with van der Waals surface area (Å²) in [4.78, 5) is 11.2. The van der Waals surface area contributed by atoms with E-state index in [0.717, 1.165) is 29.8 Å². The van der Waals surface area contributed by atoms with Crippen LogP contribution >= 0.6 is 11.6 Å². The van der Waals surface area contributed by atoms with Gasteiger partial charge in [0.15, 0.2) is 0 Å². The van der Waals surface area contributed by atoms with Crippen molar-refractivity contribution in [1.82, 2.24) is 9.97 Å². The standard InChI is InChI=1S/C16H20ClN3/c1-16(2)8-5-10-20(11-9-16)14-12-6-3-4-7-13(12)18-15(17)19-14/h3-4,6-7H,5,8-11H2,1-2H3. The van der Waals surface area contributed by atoms with Crippen molar-refractivity contribution in [2.45, 2.75) is 33.1 Å². The minimum Gasteiger partial charge on any atom is -0.356 e. The molecule has 0 bridgehead atoms. The Bertz CT molecular complexity index is 624. The van der Waals surface area contributed by atoms with Gasteiger partial charge in [-0.25, -0.2) is 4.98 Å². The first kappa shape index (κ1) is 13.6. The first-order valence-corrected chi connectivity index (χ1v) is 7.60. The minimum absolute atomic E-state index is 0.335. The van der Waals surface area contributed by atoms with Crippen LogP contribution < -0.4 is 4.90 Å². The Morgan fingerprint density at radius 3 is 2.75 bits per heavy atom. The van der Waals surface area contributed by atoms with E-state index >= 15 is 0 Å². The van der Waals surface area contributed by atoms with Crippen LogP contribution in [0.25, 0.3) is 10.9 Å². The van der Waals surface area contributed by atoms with E-state index < -0.39 is 0 Å². The highest BCUT2D eigenvalue weighted by atomic mass is 35.5. The van der Waals surface area contributed by atoms with Crippen LogP contribution in [0.1, 0.15) is 33.1 Å². The molecule has 0 radical (unpaired) electrons. The first-order valence-electron chi connectivity index (χ1n) is 7.22. The second kappa shape index (κ2) is 5.21. The van der Waals surface area contributed by atoms with Crippen LogP contribution in [-0.4, -0.2) is 23.1 Å². The number of anilines is 1. The lowest BCUT2D eigenvalue weighted by molar-refractivity contribution is 0.325. The second-order valence-electron chi connectivity index (χ2n) is 6.34. The predicted molar refractivity (Wildman–Crippen MR) is 84.4 cm³/mol. The molecule has 1 saturated heterocycles. The molecule has 1 aromatic heterocycles. The van der Waals surface area contributed by atoms with E-state index in [4.69, 9.17) is 11.6 Å². The van der Waals surface area contributed by atoms with Gasteiger partial charge in [0.2, 0.25) is 5.28 Å². The Hall–Kier alpha value is -1.35. The molecule has 1 fully saturated rings. The molecule has 2 aromatic rings. The molecule has 1 aliphatic rings. The summed E-state index contributed by atoms with van der Waals surface area (Å²) in [5.41, 5.74) is 1.34. The average molecular weight is 290 g/mol. The molecule has 0 unspecified atom stereocenters. The van der Waals surface area contributed by atoms with E-state index in [0.29, 0.717) is 10.7 Å². The highest BCUT2D eigenvalue weighted by Gasteiger charge is 2.24. The topological polar surface area (TPSA) is 29.0 Å². The lowest BCUT2D eigenvalue weighted by atomic mass is 9.85. The summed E-state index contributed by atoms with van der Waals surface area (Å²) in [6, 6.07) is 8.09. The molecule has 1 aromatic carbocycles. The second-order valence-corrected chi connectivity index (χ2v) is 6.68. The van der Waals surface area contributed by atoms with E-state index in [1.165, 1.54) is 19.3 Å². The third kappa shape index (κ3) is 2.73. The van der Waals surface area contributed by atoms with E-state index in [-0.39, 0.29) is 0 Å². The van der Waals surface area contributed by atoms with Gasteiger partial charge < -0.3 is 4.90 Å². The fraction of sp³-hybridized carbons (Fsp3) is 0.500. The van der Waals surface area contributed by atoms with Gasteiger partial charge in [-0.3, -0.25) is 0 Å². The SMILES string of the molecule is CC1(C)CCCN(c2nc(Cl)nc3ccccc23)CC1. The molecule has 4 heteroatoms. The van der Waals surface area contributed by atoms with Gasteiger partial charge in [0.25, 0.3) is 0 Å². The fourth-order valence-electron chi connectivity index (χ4n) is 2.91. The summed E-state index contributed by atoms with van der Waals surface area (Å²) in [6.07, 6.45) is 3.64. The van der Waals surface area contributed by atoms with Crippen molar-refractivity contribution in [3.8, 4) is 0 Å².